The van der Waals surface area contributed by atoms with E-state index in [4.69, 9.17) is 24.1 Å². The molecule has 2 aromatic rings. The molecule has 0 saturated heterocycles. The number of ether oxygens (including phenoxy) is 4. The van der Waals surface area contributed by atoms with E-state index in [0.29, 0.717) is 49.2 Å². The molecule has 0 aliphatic carbocycles. The SMILES string of the molecule is CCOc1ccccc1OCCOc1cc(CCC(=O)O)ccc1OC. The van der Waals surface area contributed by atoms with Gasteiger partial charge in [-0.1, -0.05) is 18.2 Å². The number of methoxy groups -OCH3 is 1. The van der Waals surface area contributed by atoms with E-state index in [9.17, 15) is 4.79 Å². The third-order valence-electron chi connectivity index (χ3n) is 3.60. The van der Waals surface area contributed by atoms with Gasteiger partial charge in [0.05, 0.1) is 13.7 Å². The van der Waals surface area contributed by atoms with Crippen molar-refractivity contribution in [1.29, 1.82) is 0 Å². The summed E-state index contributed by atoms with van der Waals surface area (Å²) in [6.07, 6.45) is 0.511. The highest BCUT2D eigenvalue weighted by Gasteiger charge is 2.08. The topological polar surface area (TPSA) is 74.2 Å². The Morgan fingerprint density at radius 2 is 1.58 bits per heavy atom. The number of rotatable bonds is 11. The molecule has 0 aromatic heterocycles. The number of hydrogen-bond donors (Lipinski definition) is 1. The van der Waals surface area contributed by atoms with E-state index in [1.54, 1.807) is 19.2 Å². The molecule has 2 rings (SSSR count). The maximum atomic E-state index is 10.7. The molecular formula is C20H24O6. The quantitative estimate of drug-likeness (QED) is 0.618. The molecular weight excluding hydrogens is 336 g/mol. The van der Waals surface area contributed by atoms with Gasteiger partial charge in [0.25, 0.3) is 0 Å². The summed E-state index contributed by atoms with van der Waals surface area (Å²) in [5, 5.41) is 8.80. The predicted molar refractivity (Wildman–Crippen MR) is 97.6 cm³/mol. The minimum Gasteiger partial charge on any atom is -0.493 e. The predicted octanol–water partition coefficient (Wildman–Crippen LogP) is 3.57. The van der Waals surface area contributed by atoms with Gasteiger partial charge in [-0.2, -0.15) is 0 Å². The van der Waals surface area contributed by atoms with Crippen LogP contribution in [0, 0.1) is 0 Å². The van der Waals surface area contributed by atoms with Crippen molar-refractivity contribution in [2.75, 3.05) is 26.9 Å². The smallest absolute Gasteiger partial charge is 0.303 e. The minimum atomic E-state index is -0.829. The molecule has 0 unspecified atom stereocenters. The first-order valence-corrected chi connectivity index (χ1v) is 8.50. The zero-order valence-electron chi connectivity index (χ0n) is 15.1. The van der Waals surface area contributed by atoms with Gasteiger partial charge in [-0.15, -0.1) is 0 Å². The van der Waals surface area contributed by atoms with E-state index >= 15 is 0 Å². The molecule has 0 amide bonds. The fourth-order valence-electron chi connectivity index (χ4n) is 2.39. The molecule has 1 N–H and O–H groups in total. The van der Waals surface area contributed by atoms with Crippen molar-refractivity contribution in [2.24, 2.45) is 0 Å². The number of aryl methyl sites for hydroxylation is 1. The second kappa shape index (κ2) is 10.2. The Morgan fingerprint density at radius 3 is 2.19 bits per heavy atom. The lowest BCUT2D eigenvalue weighted by molar-refractivity contribution is -0.136. The number of hydrogen-bond acceptors (Lipinski definition) is 5. The van der Waals surface area contributed by atoms with Crippen LogP contribution in [0.15, 0.2) is 42.5 Å². The van der Waals surface area contributed by atoms with E-state index in [0.717, 1.165) is 5.56 Å². The molecule has 0 heterocycles. The molecule has 0 saturated carbocycles. The van der Waals surface area contributed by atoms with Gasteiger partial charge in [-0.25, -0.2) is 0 Å². The van der Waals surface area contributed by atoms with Crippen molar-refractivity contribution in [3.63, 3.8) is 0 Å². The number of para-hydroxylation sites is 2. The van der Waals surface area contributed by atoms with Crippen molar-refractivity contribution in [3.05, 3.63) is 48.0 Å². The van der Waals surface area contributed by atoms with Crippen molar-refractivity contribution >= 4 is 5.97 Å². The van der Waals surface area contributed by atoms with Crippen LogP contribution in [0.5, 0.6) is 23.0 Å². The van der Waals surface area contributed by atoms with Crippen LogP contribution in [0.1, 0.15) is 18.9 Å². The zero-order valence-corrected chi connectivity index (χ0v) is 15.1. The molecule has 6 heteroatoms. The average molecular weight is 360 g/mol. The van der Waals surface area contributed by atoms with Gasteiger partial charge in [-0.05, 0) is 43.2 Å². The van der Waals surface area contributed by atoms with Crippen molar-refractivity contribution in [1.82, 2.24) is 0 Å². The molecule has 0 fully saturated rings. The van der Waals surface area contributed by atoms with Crippen molar-refractivity contribution in [3.8, 4) is 23.0 Å². The minimum absolute atomic E-state index is 0.0725. The van der Waals surface area contributed by atoms with Gasteiger partial charge in [0, 0.05) is 6.42 Å². The Balaban J connectivity index is 1.92. The van der Waals surface area contributed by atoms with Gasteiger partial charge < -0.3 is 24.1 Å². The van der Waals surface area contributed by atoms with Crippen LogP contribution in [0.2, 0.25) is 0 Å². The molecule has 26 heavy (non-hydrogen) atoms. The highest BCUT2D eigenvalue weighted by atomic mass is 16.5. The number of carboxylic acids is 1. The summed E-state index contributed by atoms with van der Waals surface area (Å²) in [6.45, 7) is 3.15. The lowest BCUT2D eigenvalue weighted by atomic mass is 10.1. The standard InChI is InChI=1S/C20H24O6/c1-3-24-17-6-4-5-7-18(17)25-12-13-26-19-14-15(9-11-20(21)22)8-10-16(19)23-2/h4-8,10,14H,3,9,11-13H2,1-2H3,(H,21,22). The summed E-state index contributed by atoms with van der Waals surface area (Å²) < 4.78 is 22.3. The van der Waals surface area contributed by atoms with E-state index in [1.807, 2.05) is 37.3 Å². The maximum absolute atomic E-state index is 10.7. The van der Waals surface area contributed by atoms with E-state index in [1.165, 1.54) is 0 Å². The van der Waals surface area contributed by atoms with Gasteiger partial charge in [0.2, 0.25) is 0 Å². The van der Waals surface area contributed by atoms with E-state index < -0.39 is 5.97 Å². The lowest BCUT2D eigenvalue weighted by Crippen LogP contribution is -2.10. The Labute approximate surface area is 153 Å². The molecule has 6 nitrogen and oxygen atoms in total. The molecule has 0 atom stereocenters. The average Bonchev–Trinajstić information content (AvgIpc) is 2.65. The number of carboxylic acid groups (broad SMARTS) is 1. The molecule has 0 aliphatic heterocycles. The normalized spacial score (nSPS) is 10.2. The highest BCUT2D eigenvalue weighted by molar-refractivity contribution is 5.67. The Morgan fingerprint density at radius 1 is 0.923 bits per heavy atom. The Bertz CT molecular complexity index is 713. The number of aliphatic carboxylic acids is 1. The second-order valence-corrected chi connectivity index (χ2v) is 5.46. The molecule has 0 spiro atoms. The summed E-state index contributed by atoms with van der Waals surface area (Å²) in [5.41, 5.74) is 0.880. The fraction of sp³-hybridized carbons (Fsp3) is 0.350. The van der Waals surface area contributed by atoms with Gasteiger partial charge in [-0.3, -0.25) is 4.79 Å². The van der Waals surface area contributed by atoms with Gasteiger partial charge in [0.15, 0.2) is 23.0 Å². The Kier molecular flexibility index (Phi) is 7.61. The molecule has 0 radical (unpaired) electrons. The van der Waals surface area contributed by atoms with Crippen LogP contribution >= 0.6 is 0 Å². The summed E-state index contributed by atoms with van der Waals surface area (Å²) in [5.74, 6) is 1.70. The largest absolute Gasteiger partial charge is 0.493 e. The monoisotopic (exact) mass is 360 g/mol. The summed E-state index contributed by atoms with van der Waals surface area (Å²) >= 11 is 0. The lowest BCUT2D eigenvalue weighted by Gasteiger charge is -2.14. The summed E-state index contributed by atoms with van der Waals surface area (Å²) in [6, 6.07) is 12.9. The van der Waals surface area contributed by atoms with Crippen LogP contribution in [0.3, 0.4) is 0 Å². The van der Waals surface area contributed by atoms with Crippen molar-refractivity contribution in [2.45, 2.75) is 19.8 Å². The first kappa shape index (κ1) is 19.4. The molecule has 140 valence electrons. The first-order chi connectivity index (χ1) is 12.6. The van der Waals surface area contributed by atoms with Crippen molar-refractivity contribution < 1.29 is 28.8 Å². The first-order valence-electron chi connectivity index (χ1n) is 8.50. The summed E-state index contributed by atoms with van der Waals surface area (Å²) in [7, 11) is 1.56. The maximum Gasteiger partial charge on any atom is 0.303 e. The van der Waals surface area contributed by atoms with E-state index in [-0.39, 0.29) is 6.42 Å². The fourth-order valence-corrected chi connectivity index (χ4v) is 2.39. The van der Waals surface area contributed by atoms with Gasteiger partial charge in [0.1, 0.15) is 13.2 Å². The summed E-state index contributed by atoms with van der Waals surface area (Å²) in [4.78, 5) is 10.7. The molecule has 2 aromatic carbocycles. The van der Waals surface area contributed by atoms with Crippen LogP contribution in [-0.2, 0) is 11.2 Å². The van der Waals surface area contributed by atoms with Gasteiger partial charge >= 0.3 is 5.97 Å². The third kappa shape index (κ3) is 5.88. The van der Waals surface area contributed by atoms with Crippen LogP contribution in [0.25, 0.3) is 0 Å². The van der Waals surface area contributed by atoms with Crippen LogP contribution < -0.4 is 18.9 Å². The number of benzene rings is 2. The second-order valence-electron chi connectivity index (χ2n) is 5.46. The zero-order chi connectivity index (χ0) is 18.8. The number of carbonyl (C=O) groups is 1. The van der Waals surface area contributed by atoms with Crippen LogP contribution in [-0.4, -0.2) is 38.0 Å². The molecule has 0 aliphatic rings. The Hall–Kier alpha value is -2.89. The highest BCUT2D eigenvalue weighted by Crippen LogP contribution is 2.29. The third-order valence-corrected chi connectivity index (χ3v) is 3.60. The van der Waals surface area contributed by atoms with E-state index in [2.05, 4.69) is 0 Å². The molecule has 0 bridgehead atoms. The van der Waals surface area contributed by atoms with Crippen LogP contribution in [0.4, 0.5) is 0 Å².